The van der Waals surface area contributed by atoms with Crippen LogP contribution in [-0.4, -0.2) is 50.2 Å². The highest BCUT2D eigenvalue weighted by atomic mass is 19.1. The zero-order valence-electron chi connectivity index (χ0n) is 13.0. The fourth-order valence-electron chi connectivity index (χ4n) is 1.98. The van der Waals surface area contributed by atoms with E-state index >= 15 is 0 Å². The minimum Gasteiger partial charge on any atom is -0.466 e. The Morgan fingerprint density at radius 1 is 1.27 bits per heavy atom. The number of methoxy groups -OCH3 is 1. The molecule has 0 bridgehead atoms. The number of hydrogen-bond acceptors (Lipinski definition) is 4. The van der Waals surface area contributed by atoms with Crippen molar-refractivity contribution in [2.75, 3.05) is 33.4 Å². The van der Waals surface area contributed by atoms with Crippen molar-refractivity contribution < 1.29 is 23.5 Å². The molecule has 0 saturated carbocycles. The monoisotopic (exact) mass is 311 g/mol. The summed E-state index contributed by atoms with van der Waals surface area (Å²) in [6, 6.07) is 5.51. The van der Waals surface area contributed by atoms with Crippen molar-refractivity contribution in [2.24, 2.45) is 0 Å². The Balaban J connectivity index is 2.70. The first-order valence-corrected chi connectivity index (χ1v) is 7.28. The van der Waals surface area contributed by atoms with Gasteiger partial charge in [0.2, 0.25) is 0 Å². The normalized spacial score (nSPS) is 10.3. The van der Waals surface area contributed by atoms with Gasteiger partial charge in [0, 0.05) is 32.4 Å². The van der Waals surface area contributed by atoms with E-state index in [1.54, 1.807) is 20.1 Å². The highest BCUT2D eigenvalue weighted by Crippen LogP contribution is 2.09. The Labute approximate surface area is 130 Å². The lowest BCUT2D eigenvalue weighted by atomic mass is 10.2. The Hall–Kier alpha value is -1.95. The molecule has 0 aromatic heterocycles. The molecule has 5 nitrogen and oxygen atoms in total. The first-order valence-electron chi connectivity index (χ1n) is 7.28. The minimum atomic E-state index is -0.465. The molecule has 0 aliphatic heterocycles. The van der Waals surface area contributed by atoms with E-state index in [9.17, 15) is 14.0 Å². The smallest absolute Gasteiger partial charge is 0.307 e. The predicted molar refractivity (Wildman–Crippen MR) is 80.0 cm³/mol. The van der Waals surface area contributed by atoms with E-state index in [1.807, 2.05) is 0 Å². The van der Waals surface area contributed by atoms with Gasteiger partial charge < -0.3 is 14.4 Å². The van der Waals surface area contributed by atoms with Crippen LogP contribution in [0, 0.1) is 5.82 Å². The Kier molecular flexibility index (Phi) is 8.14. The summed E-state index contributed by atoms with van der Waals surface area (Å²) < 4.78 is 23.1. The molecular weight excluding hydrogens is 289 g/mol. The first kappa shape index (κ1) is 18.1. The van der Waals surface area contributed by atoms with Crippen LogP contribution in [0.1, 0.15) is 30.1 Å². The van der Waals surface area contributed by atoms with E-state index in [-0.39, 0.29) is 30.4 Å². The molecule has 0 heterocycles. The standard InChI is InChI=1S/C16H22FNO4/c1-3-22-15(19)8-10-18(9-5-11-21-2)16(20)13-6-4-7-14(17)12-13/h4,6-7,12H,3,5,8-11H2,1-2H3. The van der Waals surface area contributed by atoms with E-state index < -0.39 is 5.82 Å². The van der Waals surface area contributed by atoms with Gasteiger partial charge in [0.1, 0.15) is 5.82 Å². The zero-order valence-corrected chi connectivity index (χ0v) is 13.0. The summed E-state index contributed by atoms with van der Waals surface area (Å²) in [5.74, 6) is -1.13. The molecule has 0 aliphatic rings. The third-order valence-corrected chi connectivity index (χ3v) is 3.03. The predicted octanol–water partition coefficient (Wildman–Crippen LogP) is 2.26. The molecule has 0 unspecified atom stereocenters. The molecule has 0 radical (unpaired) electrons. The molecule has 22 heavy (non-hydrogen) atoms. The van der Waals surface area contributed by atoms with Crippen LogP contribution < -0.4 is 0 Å². The number of nitrogens with zero attached hydrogens (tertiary/aromatic N) is 1. The summed E-state index contributed by atoms with van der Waals surface area (Å²) in [5.41, 5.74) is 0.265. The number of rotatable bonds is 9. The van der Waals surface area contributed by atoms with Crippen molar-refractivity contribution in [2.45, 2.75) is 19.8 Å². The molecule has 1 amide bonds. The molecule has 0 saturated heterocycles. The van der Waals surface area contributed by atoms with Crippen molar-refractivity contribution >= 4 is 11.9 Å². The van der Waals surface area contributed by atoms with Gasteiger partial charge in [-0.15, -0.1) is 0 Å². The van der Waals surface area contributed by atoms with Crippen molar-refractivity contribution in [3.63, 3.8) is 0 Å². The number of ether oxygens (including phenoxy) is 2. The number of esters is 1. The first-order chi connectivity index (χ1) is 10.6. The van der Waals surface area contributed by atoms with Crippen molar-refractivity contribution in [1.29, 1.82) is 0 Å². The number of carbonyl (C=O) groups is 2. The molecule has 122 valence electrons. The molecule has 1 aromatic carbocycles. The lowest BCUT2D eigenvalue weighted by molar-refractivity contribution is -0.143. The Morgan fingerprint density at radius 2 is 2.05 bits per heavy atom. The molecule has 0 N–H and O–H groups in total. The number of halogens is 1. The zero-order chi connectivity index (χ0) is 16.4. The summed E-state index contributed by atoms with van der Waals surface area (Å²) in [6.45, 7) is 3.21. The molecule has 1 rings (SSSR count). The van der Waals surface area contributed by atoms with Gasteiger partial charge in [0.25, 0.3) is 5.91 Å². The second-order valence-electron chi connectivity index (χ2n) is 4.70. The van der Waals surface area contributed by atoms with E-state index in [4.69, 9.17) is 9.47 Å². The van der Waals surface area contributed by atoms with Gasteiger partial charge in [0.15, 0.2) is 0 Å². The Bertz CT molecular complexity index is 493. The second kappa shape index (κ2) is 9.89. The third-order valence-electron chi connectivity index (χ3n) is 3.03. The van der Waals surface area contributed by atoms with E-state index in [2.05, 4.69) is 0 Å². The van der Waals surface area contributed by atoms with E-state index in [0.717, 1.165) is 0 Å². The van der Waals surface area contributed by atoms with Crippen molar-refractivity contribution in [3.8, 4) is 0 Å². The number of amides is 1. The van der Waals surface area contributed by atoms with Gasteiger partial charge in [-0.25, -0.2) is 4.39 Å². The molecule has 1 aromatic rings. The fraction of sp³-hybridized carbons (Fsp3) is 0.500. The van der Waals surface area contributed by atoms with Crippen LogP contribution >= 0.6 is 0 Å². The summed E-state index contributed by atoms with van der Waals surface area (Å²) in [6.07, 6.45) is 0.752. The summed E-state index contributed by atoms with van der Waals surface area (Å²) >= 11 is 0. The van der Waals surface area contributed by atoms with Crippen molar-refractivity contribution in [1.82, 2.24) is 4.90 Å². The molecular formula is C16H22FNO4. The van der Waals surface area contributed by atoms with Gasteiger partial charge in [-0.3, -0.25) is 9.59 Å². The average Bonchev–Trinajstić information content (AvgIpc) is 2.50. The van der Waals surface area contributed by atoms with Crippen LogP contribution in [0.5, 0.6) is 0 Å². The Morgan fingerprint density at radius 3 is 2.68 bits per heavy atom. The van der Waals surface area contributed by atoms with Crippen LogP contribution in [0.15, 0.2) is 24.3 Å². The van der Waals surface area contributed by atoms with Crippen LogP contribution in [0.25, 0.3) is 0 Å². The number of hydrogen-bond donors (Lipinski definition) is 0. The van der Waals surface area contributed by atoms with Crippen LogP contribution in [0.4, 0.5) is 4.39 Å². The average molecular weight is 311 g/mol. The maximum absolute atomic E-state index is 13.2. The van der Waals surface area contributed by atoms with Gasteiger partial charge in [-0.2, -0.15) is 0 Å². The third kappa shape index (κ3) is 6.22. The van der Waals surface area contributed by atoms with Crippen LogP contribution in [0.2, 0.25) is 0 Å². The van der Waals surface area contributed by atoms with Crippen LogP contribution in [-0.2, 0) is 14.3 Å². The summed E-state index contributed by atoms with van der Waals surface area (Å²) in [4.78, 5) is 25.4. The largest absolute Gasteiger partial charge is 0.466 e. The highest BCUT2D eigenvalue weighted by Gasteiger charge is 2.17. The van der Waals surface area contributed by atoms with Gasteiger partial charge in [0.05, 0.1) is 13.0 Å². The number of carbonyl (C=O) groups excluding carboxylic acids is 2. The lowest BCUT2D eigenvalue weighted by Crippen LogP contribution is -2.34. The van der Waals surface area contributed by atoms with Gasteiger partial charge in [-0.05, 0) is 31.5 Å². The van der Waals surface area contributed by atoms with E-state index in [0.29, 0.717) is 26.2 Å². The molecule has 0 spiro atoms. The van der Waals surface area contributed by atoms with Gasteiger partial charge in [-0.1, -0.05) is 6.07 Å². The highest BCUT2D eigenvalue weighted by molar-refractivity contribution is 5.94. The lowest BCUT2D eigenvalue weighted by Gasteiger charge is -2.22. The molecule has 0 aliphatic carbocycles. The second-order valence-corrected chi connectivity index (χ2v) is 4.70. The molecule has 6 heteroatoms. The summed E-state index contributed by atoms with van der Waals surface area (Å²) in [5, 5.41) is 0. The molecule has 0 fully saturated rings. The maximum Gasteiger partial charge on any atom is 0.307 e. The van der Waals surface area contributed by atoms with Crippen LogP contribution in [0.3, 0.4) is 0 Å². The van der Waals surface area contributed by atoms with E-state index in [1.165, 1.54) is 23.1 Å². The SMILES string of the molecule is CCOC(=O)CCN(CCCOC)C(=O)c1cccc(F)c1. The minimum absolute atomic E-state index is 0.113. The number of benzene rings is 1. The maximum atomic E-state index is 13.2. The summed E-state index contributed by atoms with van der Waals surface area (Å²) in [7, 11) is 1.58. The van der Waals surface area contributed by atoms with Gasteiger partial charge >= 0.3 is 5.97 Å². The molecule has 0 atom stereocenters. The quantitative estimate of drug-likeness (QED) is 0.518. The van der Waals surface area contributed by atoms with Crippen molar-refractivity contribution in [3.05, 3.63) is 35.6 Å². The topological polar surface area (TPSA) is 55.8 Å². The fourth-order valence-corrected chi connectivity index (χ4v) is 1.98.